The van der Waals surface area contributed by atoms with Crippen LogP contribution in [0.2, 0.25) is 5.02 Å². The molecule has 0 aromatic heterocycles. The highest BCUT2D eigenvalue weighted by molar-refractivity contribution is 6.31. The summed E-state index contributed by atoms with van der Waals surface area (Å²) < 4.78 is 0. The lowest BCUT2D eigenvalue weighted by Crippen LogP contribution is -2.45. The van der Waals surface area contributed by atoms with Crippen molar-refractivity contribution in [2.24, 2.45) is 5.73 Å². The largest absolute Gasteiger partial charge is 0.346 e. The molecule has 23 heavy (non-hydrogen) atoms. The van der Waals surface area contributed by atoms with Crippen LogP contribution < -0.4 is 11.1 Å². The fourth-order valence-electron chi connectivity index (χ4n) is 2.79. The molecule has 0 spiro atoms. The van der Waals surface area contributed by atoms with Crippen molar-refractivity contribution in [3.63, 3.8) is 0 Å². The van der Waals surface area contributed by atoms with E-state index in [4.69, 9.17) is 17.3 Å². The maximum absolute atomic E-state index is 12.5. The molecule has 1 aliphatic rings. The molecule has 0 saturated heterocycles. The number of carbonyl (C=O) groups excluding carboxylic acids is 2. The van der Waals surface area contributed by atoms with Gasteiger partial charge in [0.15, 0.2) is 0 Å². The van der Waals surface area contributed by atoms with Gasteiger partial charge in [-0.2, -0.15) is 0 Å². The van der Waals surface area contributed by atoms with Crippen LogP contribution in [0.4, 0.5) is 0 Å². The standard InChI is InChI=1S/C16H22ClN3O2.ClH/c17-14-8-4-1-5-12(14)11-20(13-6-2-3-7-13)16(22)10-19-15(21)9-18;/h1,4-5,8,13H,2-3,6-7,9-11,18H2,(H,19,21);1H. The van der Waals surface area contributed by atoms with Gasteiger partial charge in [0.2, 0.25) is 11.8 Å². The van der Waals surface area contributed by atoms with Crippen molar-refractivity contribution in [3.8, 4) is 0 Å². The molecule has 2 rings (SSSR count). The van der Waals surface area contributed by atoms with Crippen molar-refractivity contribution in [3.05, 3.63) is 34.9 Å². The number of benzene rings is 1. The summed E-state index contributed by atoms with van der Waals surface area (Å²) in [5.74, 6) is -0.411. The predicted octanol–water partition coefficient (Wildman–Crippen LogP) is 2.11. The third kappa shape index (κ3) is 5.68. The van der Waals surface area contributed by atoms with Gasteiger partial charge in [-0.05, 0) is 24.5 Å². The summed E-state index contributed by atoms with van der Waals surface area (Å²) >= 11 is 6.21. The SMILES string of the molecule is Cl.NCC(=O)NCC(=O)N(Cc1ccccc1Cl)C1CCCC1. The number of hydrogen-bond donors (Lipinski definition) is 2. The Balaban J connectivity index is 0.00000264. The maximum Gasteiger partial charge on any atom is 0.242 e. The zero-order valence-corrected chi connectivity index (χ0v) is 14.5. The minimum Gasteiger partial charge on any atom is -0.346 e. The highest BCUT2D eigenvalue weighted by Crippen LogP contribution is 2.26. The minimum atomic E-state index is -0.322. The lowest BCUT2D eigenvalue weighted by molar-refractivity contribution is -0.135. The number of amides is 2. The van der Waals surface area contributed by atoms with Crippen molar-refractivity contribution in [2.75, 3.05) is 13.1 Å². The number of nitrogens with zero attached hydrogens (tertiary/aromatic N) is 1. The molecular formula is C16H23Cl2N3O2. The Hall–Kier alpha value is -1.30. The lowest BCUT2D eigenvalue weighted by atomic mass is 10.1. The van der Waals surface area contributed by atoms with Crippen molar-refractivity contribution in [1.82, 2.24) is 10.2 Å². The molecule has 0 atom stereocenters. The molecule has 1 aromatic carbocycles. The molecule has 0 unspecified atom stereocenters. The van der Waals surface area contributed by atoms with Crippen LogP contribution in [-0.2, 0) is 16.1 Å². The summed E-state index contributed by atoms with van der Waals surface area (Å²) in [4.78, 5) is 25.6. The van der Waals surface area contributed by atoms with Gasteiger partial charge < -0.3 is 16.0 Å². The molecule has 2 amide bonds. The van der Waals surface area contributed by atoms with Crippen LogP contribution in [0, 0.1) is 0 Å². The van der Waals surface area contributed by atoms with Gasteiger partial charge in [-0.25, -0.2) is 0 Å². The van der Waals surface area contributed by atoms with E-state index in [0.717, 1.165) is 31.2 Å². The molecule has 0 bridgehead atoms. The highest BCUT2D eigenvalue weighted by Gasteiger charge is 2.27. The highest BCUT2D eigenvalue weighted by atomic mass is 35.5. The molecule has 0 aliphatic heterocycles. The number of halogens is 2. The average molecular weight is 360 g/mol. The van der Waals surface area contributed by atoms with Gasteiger partial charge in [-0.3, -0.25) is 9.59 Å². The van der Waals surface area contributed by atoms with Gasteiger partial charge in [-0.1, -0.05) is 42.6 Å². The quantitative estimate of drug-likeness (QED) is 0.816. The topological polar surface area (TPSA) is 75.4 Å². The van der Waals surface area contributed by atoms with E-state index in [1.807, 2.05) is 29.2 Å². The summed E-state index contributed by atoms with van der Waals surface area (Å²) in [7, 11) is 0. The lowest BCUT2D eigenvalue weighted by Gasteiger charge is -2.29. The van der Waals surface area contributed by atoms with E-state index in [9.17, 15) is 9.59 Å². The second-order valence-electron chi connectivity index (χ2n) is 5.53. The fourth-order valence-corrected chi connectivity index (χ4v) is 2.99. The van der Waals surface area contributed by atoms with Gasteiger partial charge in [0.25, 0.3) is 0 Å². The summed E-state index contributed by atoms with van der Waals surface area (Å²) in [5, 5.41) is 3.21. The molecule has 1 fully saturated rings. The molecule has 7 heteroatoms. The molecule has 1 aromatic rings. The Bertz CT molecular complexity index is 534. The van der Waals surface area contributed by atoms with Crippen LogP contribution >= 0.6 is 24.0 Å². The minimum absolute atomic E-state index is 0. The van der Waals surface area contributed by atoms with Crippen LogP contribution in [0.1, 0.15) is 31.2 Å². The van der Waals surface area contributed by atoms with Crippen LogP contribution in [0.25, 0.3) is 0 Å². The third-order valence-corrected chi connectivity index (χ3v) is 4.38. The second kappa shape index (κ2) is 9.75. The van der Waals surface area contributed by atoms with Gasteiger partial charge >= 0.3 is 0 Å². The Morgan fingerprint density at radius 1 is 1.26 bits per heavy atom. The molecule has 1 aliphatic carbocycles. The first-order valence-corrected chi connectivity index (χ1v) is 7.99. The molecule has 0 radical (unpaired) electrons. The van der Waals surface area contributed by atoms with Crippen LogP contribution in [-0.4, -0.2) is 35.8 Å². The first-order valence-electron chi connectivity index (χ1n) is 7.61. The van der Waals surface area contributed by atoms with Crippen LogP contribution in [0.3, 0.4) is 0 Å². The first-order chi connectivity index (χ1) is 10.6. The summed E-state index contributed by atoms with van der Waals surface area (Å²) in [5.41, 5.74) is 6.17. The van der Waals surface area contributed by atoms with Gasteiger partial charge in [-0.15, -0.1) is 12.4 Å². The van der Waals surface area contributed by atoms with E-state index in [1.54, 1.807) is 0 Å². The predicted molar refractivity (Wildman–Crippen MR) is 93.6 cm³/mol. The van der Waals surface area contributed by atoms with E-state index in [-0.39, 0.29) is 43.4 Å². The monoisotopic (exact) mass is 359 g/mol. The number of rotatable bonds is 6. The second-order valence-corrected chi connectivity index (χ2v) is 5.94. The van der Waals surface area contributed by atoms with Crippen molar-refractivity contribution in [1.29, 1.82) is 0 Å². The normalized spacial score (nSPS) is 14.2. The zero-order valence-electron chi connectivity index (χ0n) is 13.0. The Labute approximate surface area is 148 Å². The average Bonchev–Trinajstić information content (AvgIpc) is 3.05. The van der Waals surface area contributed by atoms with Gasteiger partial charge in [0.05, 0.1) is 13.1 Å². The number of nitrogens with two attached hydrogens (primary N) is 1. The van der Waals surface area contributed by atoms with Gasteiger partial charge in [0, 0.05) is 17.6 Å². The van der Waals surface area contributed by atoms with Crippen LogP contribution in [0.5, 0.6) is 0 Å². The number of hydrogen-bond acceptors (Lipinski definition) is 3. The van der Waals surface area contributed by atoms with Crippen molar-refractivity contribution < 1.29 is 9.59 Å². The summed E-state index contributed by atoms with van der Waals surface area (Å²) in [6.07, 6.45) is 4.26. The van der Waals surface area contributed by atoms with Crippen molar-refractivity contribution >= 4 is 35.8 Å². The molecule has 0 heterocycles. The van der Waals surface area contributed by atoms with E-state index in [2.05, 4.69) is 5.32 Å². The summed E-state index contributed by atoms with van der Waals surface area (Å²) in [6.45, 7) is 0.347. The van der Waals surface area contributed by atoms with E-state index < -0.39 is 0 Å². The molecular weight excluding hydrogens is 337 g/mol. The fraction of sp³-hybridized carbons (Fsp3) is 0.500. The van der Waals surface area contributed by atoms with E-state index in [1.165, 1.54) is 0 Å². The van der Waals surface area contributed by atoms with Gasteiger partial charge in [0.1, 0.15) is 0 Å². The molecule has 1 saturated carbocycles. The van der Waals surface area contributed by atoms with Crippen LogP contribution in [0.15, 0.2) is 24.3 Å². The third-order valence-electron chi connectivity index (χ3n) is 4.01. The Morgan fingerprint density at radius 2 is 1.91 bits per heavy atom. The summed E-state index contributed by atoms with van der Waals surface area (Å²) in [6, 6.07) is 7.75. The van der Waals surface area contributed by atoms with E-state index >= 15 is 0 Å². The zero-order chi connectivity index (χ0) is 15.9. The molecule has 3 N–H and O–H groups in total. The van der Waals surface area contributed by atoms with E-state index in [0.29, 0.717) is 11.6 Å². The molecule has 5 nitrogen and oxygen atoms in total. The molecule has 128 valence electrons. The maximum atomic E-state index is 12.5. The Morgan fingerprint density at radius 3 is 2.52 bits per heavy atom. The smallest absolute Gasteiger partial charge is 0.242 e. The Kier molecular flexibility index (Phi) is 8.37. The number of carbonyl (C=O) groups is 2. The number of nitrogens with one attached hydrogen (secondary N) is 1. The first kappa shape index (κ1) is 19.7. The van der Waals surface area contributed by atoms with Crippen molar-refractivity contribution in [2.45, 2.75) is 38.3 Å².